The third-order valence-corrected chi connectivity index (χ3v) is 6.53. The van der Waals surface area contributed by atoms with E-state index < -0.39 is 10.0 Å². The monoisotopic (exact) mass is 424 g/mol. The molecule has 2 fully saturated rings. The molecule has 1 saturated heterocycles. The van der Waals surface area contributed by atoms with Gasteiger partial charge in [0, 0.05) is 18.5 Å². The van der Waals surface area contributed by atoms with E-state index in [1.54, 1.807) is 0 Å². The SMILES string of the molecule is CCC=O.CN1CCC(NS(C)(=O)=O)C1COC1CCC(c2ccccc2)CC1. The van der Waals surface area contributed by atoms with Crippen molar-refractivity contribution < 1.29 is 17.9 Å². The van der Waals surface area contributed by atoms with Crippen molar-refractivity contribution in [3.63, 3.8) is 0 Å². The van der Waals surface area contributed by atoms with Crippen molar-refractivity contribution in [1.82, 2.24) is 9.62 Å². The quantitative estimate of drug-likeness (QED) is 0.681. The third-order valence-electron chi connectivity index (χ3n) is 5.80. The maximum Gasteiger partial charge on any atom is 0.209 e. The number of nitrogens with one attached hydrogen (secondary N) is 1. The summed E-state index contributed by atoms with van der Waals surface area (Å²) in [6.45, 7) is 3.32. The molecule has 1 heterocycles. The average molecular weight is 425 g/mol. The Kier molecular flexibility index (Phi) is 9.75. The van der Waals surface area contributed by atoms with Crippen molar-refractivity contribution in [2.75, 3.05) is 26.5 Å². The second-order valence-corrected chi connectivity index (χ2v) is 9.91. The van der Waals surface area contributed by atoms with E-state index in [-0.39, 0.29) is 12.1 Å². The molecular weight excluding hydrogens is 388 g/mol. The summed E-state index contributed by atoms with van der Waals surface area (Å²) in [4.78, 5) is 11.4. The lowest BCUT2D eigenvalue weighted by molar-refractivity contribution is -0.107. The molecule has 1 aliphatic carbocycles. The number of likely N-dealkylation sites (tertiary alicyclic amines) is 1. The van der Waals surface area contributed by atoms with Gasteiger partial charge in [-0.2, -0.15) is 0 Å². The fraction of sp³-hybridized carbons (Fsp3) is 0.682. The van der Waals surface area contributed by atoms with E-state index in [0.29, 0.717) is 25.0 Å². The van der Waals surface area contributed by atoms with Crippen LogP contribution in [0.4, 0.5) is 0 Å². The fourth-order valence-corrected chi connectivity index (χ4v) is 5.01. The molecule has 2 aliphatic rings. The largest absolute Gasteiger partial charge is 0.377 e. The van der Waals surface area contributed by atoms with E-state index in [9.17, 15) is 13.2 Å². The Balaban J connectivity index is 0.000000687. The first-order valence-electron chi connectivity index (χ1n) is 10.6. The van der Waals surface area contributed by atoms with Gasteiger partial charge in [0.2, 0.25) is 10.0 Å². The minimum atomic E-state index is -3.18. The molecule has 164 valence electrons. The molecule has 2 atom stereocenters. The smallest absolute Gasteiger partial charge is 0.209 e. The van der Waals surface area contributed by atoms with E-state index in [4.69, 9.17) is 4.74 Å². The zero-order chi connectivity index (χ0) is 21.3. The summed E-state index contributed by atoms with van der Waals surface area (Å²) in [5.41, 5.74) is 1.44. The number of benzene rings is 1. The molecule has 7 heteroatoms. The highest BCUT2D eigenvalue weighted by Crippen LogP contribution is 2.34. The number of carbonyl (C=O) groups excluding carboxylic acids is 1. The van der Waals surface area contributed by atoms with Gasteiger partial charge in [-0.3, -0.25) is 4.90 Å². The number of ether oxygens (including phenoxy) is 1. The molecule has 6 nitrogen and oxygen atoms in total. The van der Waals surface area contributed by atoms with Crippen LogP contribution in [0.1, 0.15) is 56.9 Å². The van der Waals surface area contributed by atoms with Crippen molar-refractivity contribution in [3.8, 4) is 0 Å². The van der Waals surface area contributed by atoms with Gasteiger partial charge in [-0.15, -0.1) is 0 Å². The molecule has 29 heavy (non-hydrogen) atoms. The van der Waals surface area contributed by atoms with Gasteiger partial charge in [-0.1, -0.05) is 37.3 Å². The van der Waals surface area contributed by atoms with Gasteiger partial charge >= 0.3 is 0 Å². The topological polar surface area (TPSA) is 75.7 Å². The zero-order valence-corrected chi connectivity index (χ0v) is 18.7. The Labute approximate surface area is 176 Å². The average Bonchev–Trinajstić information content (AvgIpc) is 3.05. The van der Waals surface area contributed by atoms with Crippen LogP contribution in [0, 0.1) is 0 Å². The molecule has 0 amide bonds. The molecule has 0 aromatic heterocycles. The number of sulfonamides is 1. The predicted molar refractivity (Wildman–Crippen MR) is 117 cm³/mol. The van der Waals surface area contributed by atoms with E-state index >= 15 is 0 Å². The molecule has 0 bridgehead atoms. The van der Waals surface area contributed by atoms with Crippen LogP contribution in [0.25, 0.3) is 0 Å². The molecule has 0 spiro atoms. The number of hydrogen-bond acceptors (Lipinski definition) is 5. The Morgan fingerprint density at radius 3 is 2.31 bits per heavy atom. The highest BCUT2D eigenvalue weighted by molar-refractivity contribution is 7.88. The Bertz CT molecular complexity index is 703. The van der Waals surface area contributed by atoms with E-state index in [2.05, 4.69) is 40.0 Å². The van der Waals surface area contributed by atoms with Crippen LogP contribution in [0.2, 0.25) is 0 Å². The minimum absolute atomic E-state index is 0.0411. The molecule has 0 radical (unpaired) electrons. The normalized spacial score (nSPS) is 27.8. The van der Waals surface area contributed by atoms with Crippen molar-refractivity contribution >= 4 is 16.3 Å². The highest BCUT2D eigenvalue weighted by atomic mass is 32.2. The number of rotatable bonds is 7. The molecule has 1 N–H and O–H groups in total. The first-order valence-corrected chi connectivity index (χ1v) is 12.5. The summed E-state index contributed by atoms with van der Waals surface area (Å²) in [7, 11) is -1.13. The number of hydrogen-bond donors (Lipinski definition) is 1. The van der Waals surface area contributed by atoms with Crippen LogP contribution >= 0.6 is 0 Å². The summed E-state index contributed by atoms with van der Waals surface area (Å²) in [6, 6.07) is 10.8. The van der Waals surface area contributed by atoms with Gasteiger partial charge in [0.1, 0.15) is 6.29 Å². The number of carbonyl (C=O) groups is 1. The lowest BCUT2D eigenvalue weighted by Crippen LogP contribution is -2.46. The van der Waals surface area contributed by atoms with E-state index in [0.717, 1.165) is 32.1 Å². The first kappa shape index (κ1) is 24.0. The van der Waals surface area contributed by atoms with Gasteiger partial charge in [0.15, 0.2) is 0 Å². The molecular formula is C22H36N2O4S. The van der Waals surface area contributed by atoms with Crippen LogP contribution in [-0.4, -0.2) is 64.2 Å². The van der Waals surface area contributed by atoms with Gasteiger partial charge in [-0.05, 0) is 57.2 Å². The van der Waals surface area contributed by atoms with E-state index in [1.165, 1.54) is 24.7 Å². The van der Waals surface area contributed by atoms with Crippen LogP contribution < -0.4 is 4.72 Å². The predicted octanol–water partition coefficient (Wildman–Crippen LogP) is 2.95. The maximum absolute atomic E-state index is 11.5. The lowest BCUT2D eigenvalue weighted by Gasteiger charge is -2.31. The summed E-state index contributed by atoms with van der Waals surface area (Å²) >= 11 is 0. The number of aldehydes is 1. The van der Waals surface area contributed by atoms with Crippen LogP contribution in [0.15, 0.2) is 30.3 Å². The minimum Gasteiger partial charge on any atom is -0.377 e. The fourth-order valence-electron chi connectivity index (χ4n) is 4.19. The van der Waals surface area contributed by atoms with Crippen molar-refractivity contribution in [2.45, 2.75) is 69.6 Å². The molecule has 2 unspecified atom stereocenters. The standard InChI is InChI=1S/C19H30N2O3S.C3H6O/c1-21-13-12-18(20-25(2,22)23)19(21)14-24-17-10-8-16(9-11-17)15-6-4-3-5-7-15;1-2-3-4/h3-7,16-20H,8-14H2,1-2H3;3H,2H2,1H3. The second-order valence-electron chi connectivity index (χ2n) is 8.13. The van der Waals surface area contributed by atoms with Gasteiger partial charge in [0.25, 0.3) is 0 Å². The van der Waals surface area contributed by atoms with Gasteiger partial charge in [0.05, 0.1) is 19.0 Å². The molecule has 1 saturated carbocycles. The van der Waals surface area contributed by atoms with Crippen molar-refractivity contribution in [1.29, 1.82) is 0 Å². The molecule has 1 aromatic carbocycles. The van der Waals surface area contributed by atoms with Crippen molar-refractivity contribution in [3.05, 3.63) is 35.9 Å². The summed E-state index contributed by atoms with van der Waals surface area (Å²) in [5, 5.41) is 0. The molecule has 1 aliphatic heterocycles. The lowest BCUT2D eigenvalue weighted by atomic mass is 9.83. The van der Waals surface area contributed by atoms with Crippen molar-refractivity contribution in [2.24, 2.45) is 0 Å². The Morgan fingerprint density at radius 1 is 1.14 bits per heavy atom. The second kappa shape index (κ2) is 11.8. The third kappa shape index (κ3) is 8.16. The first-order chi connectivity index (χ1) is 13.8. The summed E-state index contributed by atoms with van der Waals surface area (Å²) in [5.74, 6) is 0.648. The van der Waals surface area contributed by atoms with Crippen LogP contribution in [0.5, 0.6) is 0 Å². The number of likely N-dealkylation sites (N-methyl/N-ethyl adjacent to an activating group) is 1. The van der Waals surface area contributed by atoms with Gasteiger partial charge < -0.3 is 9.53 Å². The van der Waals surface area contributed by atoms with Crippen LogP contribution in [0.3, 0.4) is 0 Å². The Morgan fingerprint density at radius 2 is 1.76 bits per heavy atom. The maximum atomic E-state index is 11.5. The zero-order valence-electron chi connectivity index (χ0n) is 17.9. The van der Waals surface area contributed by atoms with Gasteiger partial charge in [-0.25, -0.2) is 13.1 Å². The highest BCUT2D eigenvalue weighted by Gasteiger charge is 2.34. The number of nitrogens with zero attached hydrogens (tertiary/aromatic N) is 1. The Hall–Kier alpha value is -1.28. The van der Waals surface area contributed by atoms with Crippen LogP contribution in [-0.2, 0) is 19.6 Å². The molecule has 3 rings (SSSR count). The summed E-state index contributed by atoms with van der Waals surface area (Å²) in [6.07, 6.45) is 8.39. The molecule has 1 aromatic rings. The summed E-state index contributed by atoms with van der Waals surface area (Å²) < 4.78 is 32.0. The van der Waals surface area contributed by atoms with E-state index in [1.807, 2.05) is 14.0 Å².